The quantitative estimate of drug-likeness (QED) is 0.819. The van der Waals surface area contributed by atoms with Gasteiger partial charge >= 0.3 is 0 Å². The Balaban J connectivity index is 1.70. The zero-order valence-corrected chi connectivity index (χ0v) is 16.4. The molecule has 0 atom stereocenters. The van der Waals surface area contributed by atoms with Crippen molar-refractivity contribution in [1.82, 2.24) is 0 Å². The van der Waals surface area contributed by atoms with E-state index in [-0.39, 0.29) is 23.1 Å². The van der Waals surface area contributed by atoms with Gasteiger partial charge in [0.05, 0.1) is 17.2 Å². The van der Waals surface area contributed by atoms with Gasteiger partial charge in [-0.1, -0.05) is 32.9 Å². The van der Waals surface area contributed by atoms with Crippen LogP contribution in [0.15, 0.2) is 48.5 Å². The highest BCUT2D eigenvalue weighted by molar-refractivity contribution is 8.00. The molecule has 140 valence electrons. The van der Waals surface area contributed by atoms with E-state index in [1.54, 1.807) is 24.3 Å². The molecule has 2 aromatic carbocycles. The number of hydrogen-bond donors (Lipinski definition) is 1. The maximum absolute atomic E-state index is 12.5. The van der Waals surface area contributed by atoms with Crippen LogP contribution in [0.5, 0.6) is 0 Å². The molecule has 0 bridgehead atoms. The number of nitrogens with one attached hydrogen (secondary N) is 1. The molecule has 0 spiro atoms. The first-order chi connectivity index (χ1) is 12.8. The summed E-state index contributed by atoms with van der Waals surface area (Å²) in [5, 5.41) is 2.86. The first-order valence-corrected chi connectivity index (χ1v) is 9.87. The van der Waals surface area contributed by atoms with Crippen LogP contribution in [0.2, 0.25) is 0 Å². The lowest BCUT2D eigenvalue weighted by Crippen LogP contribution is -2.43. The Kier molecular flexibility index (Phi) is 5.37. The normalized spacial score (nSPS) is 15.0. The summed E-state index contributed by atoms with van der Waals surface area (Å²) in [4.78, 5) is 37.6. The standard InChI is InChI=1S/C21H22N2O3S/c1-21(2,3)15-6-8-16(9-7-15)22-20(26)14-4-10-17(11-5-14)23-18(24)12-27-13-19(23)25/h4-11H,12-13H2,1-3H3,(H,22,26). The van der Waals surface area contributed by atoms with Crippen LogP contribution in [-0.2, 0) is 15.0 Å². The fourth-order valence-electron chi connectivity index (χ4n) is 2.80. The first kappa shape index (κ1) is 19.2. The summed E-state index contributed by atoms with van der Waals surface area (Å²) in [6.07, 6.45) is 0. The van der Waals surface area contributed by atoms with Gasteiger partial charge in [0.15, 0.2) is 0 Å². The number of carbonyl (C=O) groups excluding carboxylic acids is 3. The van der Waals surface area contributed by atoms with Crippen molar-refractivity contribution >= 4 is 40.9 Å². The fraction of sp³-hybridized carbons (Fsp3) is 0.286. The van der Waals surface area contributed by atoms with E-state index >= 15 is 0 Å². The van der Waals surface area contributed by atoms with Gasteiger partial charge in [0.2, 0.25) is 11.8 Å². The zero-order chi connectivity index (χ0) is 19.6. The number of carbonyl (C=O) groups is 3. The van der Waals surface area contributed by atoms with Crippen molar-refractivity contribution in [3.63, 3.8) is 0 Å². The SMILES string of the molecule is CC(C)(C)c1ccc(NC(=O)c2ccc(N3C(=O)CSCC3=O)cc2)cc1. The largest absolute Gasteiger partial charge is 0.322 e. The third kappa shape index (κ3) is 4.39. The summed E-state index contributed by atoms with van der Waals surface area (Å²) >= 11 is 1.32. The highest BCUT2D eigenvalue weighted by atomic mass is 32.2. The molecule has 0 saturated carbocycles. The van der Waals surface area contributed by atoms with Gasteiger partial charge in [0.25, 0.3) is 5.91 Å². The second kappa shape index (κ2) is 7.56. The number of benzene rings is 2. The summed E-state index contributed by atoms with van der Waals surface area (Å²) in [5.41, 5.74) is 2.93. The average Bonchev–Trinajstić information content (AvgIpc) is 2.62. The lowest BCUT2D eigenvalue weighted by Gasteiger charge is -2.24. The van der Waals surface area contributed by atoms with Gasteiger partial charge in [-0.05, 0) is 47.4 Å². The van der Waals surface area contributed by atoms with Gasteiger partial charge in [0.1, 0.15) is 0 Å². The maximum atomic E-state index is 12.5. The molecule has 0 aliphatic carbocycles. The number of hydrogen-bond acceptors (Lipinski definition) is 4. The minimum absolute atomic E-state index is 0.0558. The van der Waals surface area contributed by atoms with Gasteiger partial charge in [-0.25, -0.2) is 4.90 Å². The summed E-state index contributed by atoms with van der Waals surface area (Å²) in [5.74, 6) is -0.117. The van der Waals surface area contributed by atoms with Crippen molar-refractivity contribution in [3.05, 3.63) is 59.7 Å². The predicted octanol–water partition coefficient (Wildman–Crippen LogP) is 3.84. The molecule has 1 fully saturated rings. The third-order valence-electron chi connectivity index (χ3n) is 4.35. The molecule has 6 heteroatoms. The van der Waals surface area contributed by atoms with Crippen molar-refractivity contribution in [2.45, 2.75) is 26.2 Å². The van der Waals surface area contributed by atoms with Gasteiger partial charge in [-0.15, -0.1) is 11.8 Å². The number of anilines is 2. The van der Waals surface area contributed by atoms with Crippen LogP contribution in [0.4, 0.5) is 11.4 Å². The molecule has 2 aromatic rings. The topological polar surface area (TPSA) is 66.5 Å². The number of rotatable bonds is 3. The zero-order valence-electron chi connectivity index (χ0n) is 15.6. The first-order valence-electron chi connectivity index (χ1n) is 8.71. The Morgan fingerprint density at radius 1 is 0.926 bits per heavy atom. The second-order valence-corrected chi connectivity index (χ2v) is 8.43. The molecule has 27 heavy (non-hydrogen) atoms. The molecule has 1 saturated heterocycles. The second-order valence-electron chi connectivity index (χ2n) is 7.44. The van der Waals surface area contributed by atoms with E-state index < -0.39 is 0 Å². The van der Waals surface area contributed by atoms with Crippen LogP contribution >= 0.6 is 11.8 Å². The number of nitrogens with zero attached hydrogens (tertiary/aromatic N) is 1. The summed E-state index contributed by atoms with van der Waals surface area (Å²) in [6, 6.07) is 14.3. The summed E-state index contributed by atoms with van der Waals surface area (Å²) in [6.45, 7) is 6.41. The minimum atomic E-state index is -0.239. The van der Waals surface area contributed by atoms with Gasteiger partial charge in [-0.3, -0.25) is 14.4 Å². The van der Waals surface area contributed by atoms with Crippen molar-refractivity contribution in [2.24, 2.45) is 0 Å². The van der Waals surface area contributed by atoms with Crippen molar-refractivity contribution in [2.75, 3.05) is 21.7 Å². The highest BCUT2D eigenvalue weighted by Gasteiger charge is 2.27. The number of imide groups is 1. The van der Waals surface area contributed by atoms with Crippen molar-refractivity contribution < 1.29 is 14.4 Å². The smallest absolute Gasteiger partial charge is 0.255 e. The molecule has 0 aromatic heterocycles. The Morgan fingerprint density at radius 2 is 1.48 bits per heavy atom. The predicted molar refractivity (Wildman–Crippen MR) is 109 cm³/mol. The van der Waals surface area contributed by atoms with Crippen LogP contribution in [0.25, 0.3) is 0 Å². The Morgan fingerprint density at radius 3 is 2.00 bits per heavy atom. The van der Waals surface area contributed by atoms with Crippen molar-refractivity contribution in [3.8, 4) is 0 Å². The van der Waals surface area contributed by atoms with Crippen molar-refractivity contribution in [1.29, 1.82) is 0 Å². The fourth-order valence-corrected chi connectivity index (χ4v) is 3.51. The van der Waals surface area contributed by atoms with E-state index in [2.05, 4.69) is 26.1 Å². The molecule has 0 radical (unpaired) electrons. The Bertz CT molecular complexity index is 852. The molecule has 3 amide bonds. The van der Waals surface area contributed by atoms with Crippen LogP contribution in [0, 0.1) is 0 Å². The Labute approximate surface area is 163 Å². The van der Waals surface area contributed by atoms with Crippen LogP contribution in [0.3, 0.4) is 0 Å². The molecule has 1 N–H and O–H groups in total. The molecule has 3 rings (SSSR count). The van der Waals surface area contributed by atoms with Gasteiger partial charge in [-0.2, -0.15) is 0 Å². The lowest BCUT2D eigenvalue weighted by atomic mass is 9.87. The van der Waals surface area contributed by atoms with Gasteiger partial charge < -0.3 is 5.32 Å². The number of thioether (sulfide) groups is 1. The van der Waals surface area contributed by atoms with E-state index in [0.29, 0.717) is 22.8 Å². The van der Waals surface area contributed by atoms with E-state index in [4.69, 9.17) is 0 Å². The maximum Gasteiger partial charge on any atom is 0.255 e. The Hall–Kier alpha value is -2.60. The van der Waals surface area contributed by atoms with E-state index in [1.807, 2.05) is 24.3 Å². The van der Waals surface area contributed by atoms with E-state index in [9.17, 15) is 14.4 Å². The number of amides is 3. The lowest BCUT2D eigenvalue weighted by molar-refractivity contribution is -0.124. The van der Waals surface area contributed by atoms with Crippen LogP contribution in [0.1, 0.15) is 36.7 Å². The summed E-state index contributed by atoms with van der Waals surface area (Å²) < 4.78 is 0. The molecular weight excluding hydrogens is 360 g/mol. The van der Waals surface area contributed by atoms with E-state index in [1.165, 1.54) is 22.2 Å². The third-order valence-corrected chi connectivity index (χ3v) is 5.25. The molecule has 0 unspecified atom stereocenters. The highest BCUT2D eigenvalue weighted by Crippen LogP contribution is 2.24. The minimum Gasteiger partial charge on any atom is -0.322 e. The van der Waals surface area contributed by atoms with Crippen LogP contribution in [-0.4, -0.2) is 29.2 Å². The summed E-state index contributed by atoms with van der Waals surface area (Å²) in [7, 11) is 0. The molecule has 5 nitrogen and oxygen atoms in total. The molecule has 1 aliphatic rings. The van der Waals surface area contributed by atoms with E-state index in [0.717, 1.165) is 5.69 Å². The monoisotopic (exact) mass is 382 g/mol. The molecular formula is C21H22N2O3S. The van der Waals surface area contributed by atoms with Crippen LogP contribution < -0.4 is 10.2 Å². The molecule has 1 heterocycles. The van der Waals surface area contributed by atoms with Gasteiger partial charge in [0, 0.05) is 11.3 Å². The molecule has 1 aliphatic heterocycles. The average molecular weight is 382 g/mol.